The molecule has 106 valence electrons. The van der Waals surface area contributed by atoms with Crippen molar-refractivity contribution >= 4 is 17.4 Å². The van der Waals surface area contributed by atoms with E-state index in [1.54, 1.807) is 6.33 Å². The van der Waals surface area contributed by atoms with Crippen molar-refractivity contribution in [2.45, 2.75) is 52.2 Å². The maximum absolute atomic E-state index is 6.26. The third-order valence-electron chi connectivity index (χ3n) is 3.60. The lowest BCUT2D eigenvalue weighted by Crippen LogP contribution is -2.49. The SMILES string of the molecule is CCC1COC(C)CN1c1ncnc(Cl)c1C(C)C. The predicted molar refractivity (Wildman–Crippen MR) is 78.0 cm³/mol. The summed E-state index contributed by atoms with van der Waals surface area (Å²) in [5.41, 5.74) is 1.04. The minimum Gasteiger partial charge on any atom is -0.375 e. The Labute approximate surface area is 120 Å². The minimum atomic E-state index is 0.219. The van der Waals surface area contributed by atoms with E-state index in [0.29, 0.717) is 17.1 Å². The first kappa shape index (κ1) is 14.5. The molecule has 1 fully saturated rings. The summed E-state index contributed by atoms with van der Waals surface area (Å²) >= 11 is 6.26. The highest BCUT2D eigenvalue weighted by Crippen LogP contribution is 2.33. The molecule has 0 aromatic carbocycles. The van der Waals surface area contributed by atoms with E-state index in [-0.39, 0.29) is 6.10 Å². The monoisotopic (exact) mass is 283 g/mol. The summed E-state index contributed by atoms with van der Waals surface area (Å²) < 4.78 is 5.75. The van der Waals surface area contributed by atoms with E-state index in [0.717, 1.165) is 31.0 Å². The highest BCUT2D eigenvalue weighted by molar-refractivity contribution is 6.30. The lowest BCUT2D eigenvalue weighted by molar-refractivity contribution is 0.0295. The molecule has 5 heteroatoms. The summed E-state index contributed by atoms with van der Waals surface area (Å²) in [6, 6.07) is 0.361. The van der Waals surface area contributed by atoms with Crippen LogP contribution in [0.25, 0.3) is 0 Å². The fourth-order valence-corrected chi connectivity index (χ4v) is 2.88. The van der Waals surface area contributed by atoms with Crippen LogP contribution in [0.1, 0.15) is 45.6 Å². The second kappa shape index (κ2) is 6.06. The summed E-state index contributed by atoms with van der Waals surface area (Å²) in [5, 5.41) is 0.564. The average molecular weight is 284 g/mol. The molecule has 0 aliphatic carbocycles. The number of ether oxygens (including phenoxy) is 1. The van der Waals surface area contributed by atoms with Crippen LogP contribution in [0.5, 0.6) is 0 Å². The van der Waals surface area contributed by atoms with Crippen molar-refractivity contribution in [1.29, 1.82) is 0 Å². The Kier molecular flexibility index (Phi) is 4.63. The zero-order chi connectivity index (χ0) is 14.0. The molecule has 19 heavy (non-hydrogen) atoms. The third-order valence-corrected chi connectivity index (χ3v) is 3.90. The summed E-state index contributed by atoms with van der Waals surface area (Å²) in [4.78, 5) is 10.9. The van der Waals surface area contributed by atoms with Crippen molar-refractivity contribution in [3.63, 3.8) is 0 Å². The van der Waals surface area contributed by atoms with Gasteiger partial charge in [0.2, 0.25) is 0 Å². The highest BCUT2D eigenvalue weighted by Gasteiger charge is 2.29. The zero-order valence-electron chi connectivity index (χ0n) is 12.1. The van der Waals surface area contributed by atoms with Gasteiger partial charge in [0.15, 0.2) is 0 Å². The molecule has 1 saturated heterocycles. The van der Waals surface area contributed by atoms with Crippen molar-refractivity contribution in [2.24, 2.45) is 0 Å². The lowest BCUT2D eigenvalue weighted by atomic mass is 10.0. The van der Waals surface area contributed by atoms with Crippen molar-refractivity contribution in [3.8, 4) is 0 Å². The standard InChI is InChI=1S/C14H22ClN3O/c1-5-11-7-19-10(4)6-18(11)14-12(9(2)3)13(15)16-8-17-14/h8-11H,5-7H2,1-4H3. The van der Waals surface area contributed by atoms with Gasteiger partial charge in [-0.3, -0.25) is 0 Å². The number of halogens is 1. The molecule has 0 amide bonds. The number of morpholine rings is 1. The van der Waals surface area contributed by atoms with Crippen LogP contribution in [0, 0.1) is 0 Å². The van der Waals surface area contributed by atoms with Gasteiger partial charge < -0.3 is 9.64 Å². The normalized spacial score (nSPS) is 24.0. The van der Waals surface area contributed by atoms with E-state index in [1.165, 1.54) is 0 Å². The van der Waals surface area contributed by atoms with E-state index >= 15 is 0 Å². The van der Waals surface area contributed by atoms with E-state index in [4.69, 9.17) is 16.3 Å². The molecule has 0 N–H and O–H groups in total. The summed E-state index contributed by atoms with van der Waals surface area (Å²) in [7, 11) is 0. The van der Waals surface area contributed by atoms with Crippen LogP contribution in [0.2, 0.25) is 5.15 Å². The topological polar surface area (TPSA) is 38.2 Å². The van der Waals surface area contributed by atoms with Gasteiger partial charge in [0.1, 0.15) is 17.3 Å². The molecule has 0 radical (unpaired) electrons. The number of hydrogen-bond donors (Lipinski definition) is 0. The molecule has 0 bridgehead atoms. The third kappa shape index (κ3) is 3.00. The molecule has 1 aliphatic rings. The Bertz CT molecular complexity index is 439. The Morgan fingerprint density at radius 1 is 1.47 bits per heavy atom. The van der Waals surface area contributed by atoms with Crippen LogP contribution < -0.4 is 4.90 Å². The quantitative estimate of drug-likeness (QED) is 0.798. The smallest absolute Gasteiger partial charge is 0.138 e. The lowest BCUT2D eigenvalue weighted by Gasteiger charge is -2.40. The van der Waals surface area contributed by atoms with Crippen molar-refractivity contribution < 1.29 is 4.74 Å². The fraction of sp³-hybridized carbons (Fsp3) is 0.714. The molecule has 1 aromatic heterocycles. The maximum atomic E-state index is 6.26. The molecule has 0 spiro atoms. The first-order chi connectivity index (χ1) is 9.04. The van der Waals surface area contributed by atoms with Gasteiger partial charge in [-0.05, 0) is 19.3 Å². The predicted octanol–water partition coefficient (Wildman–Crippen LogP) is 3.26. The Morgan fingerprint density at radius 3 is 2.84 bits per heavy atom. The Morgan fingerprint density at radius 2 is 2.21 bits per heavy atom. The van der Waals surface area contributed by atoms with Crippen LogP contribution in [0.15, 0.2) is 6.33 Å². The molecular formula is C14H22ClN3O. The van der Waals surface area contributed by atoms with Gasteiger partial charge in [0.05, 0.1) is 18.8 Å². The first-order valence-electron chi connectivity index (χ1n) is 6.93. The molecule has 1 aliphatic heterocycles. The first-order valence-corrected chi connectivity index (χ1v) is 7.31. The van der Waals surface area contributed by atoms with E-state index in [2.05, 4.69) is 42.6 Å². The van der Waals surface area contributed by atoms with Crippen LogP contribution in [0.4, 0.5) is 5.82 Å². The van der Waals surface area contributed by atoms with Crippen LogP contribution in [-0.4, -0.2) is 35.3 Å². The Balaban J connectivity index is 2.41. The number of nitrogens with zero attached hydrogens (tertiary/aromatic N) is 3. The molecular weight excluding hydrogens is 262 g/mol. The molecule has 2 unspecified atom stereocenters. The number of rotatable bonds is 3. The average Bonchev–Trinajstić information content (AvgIpc) is 2.37. The molecule has 1 aromatic rings. The maximum Gasteiger partial charge on any atom is 0.138 e. The molecule has 2 heterocycles. The summed E-state index contributed by atoms with van der Waals surface area (Å²) in [5.74, 6) is 1.27. The van der Waals surface area contributed by atoms with Gasteiger partial charge in [0, 0.05) is 12.1 Å². The zero-order valence-corrected chi connectivity index (χ0v) is 12.8. The van der Waals surface area contributed by atoms with Gasteiger partial charge >= 0.3 is 0 Å². The van der Waals surface area contributed by atoms with E-state index in [9.17, 15) is 0 Å². The van der Waals surface area contributed by atoms with Gasteiger partial charge in [-0.15, -0.1) is 0 Å². The van der Waals surface area contributed by atoms with Gasteiger partial charge in [-0.2, -0.15) is 0 Å². The molecule has 2 atom stereocenters. The van der Waals surface area contributed by atoms with Gasteiger partial charge in [-0.25, -0.2) is 9.97 Å². The van der Waals surface area contributed by atoms with E-state index < -0.39 is 0 Å². The van der Waals surface area contributed by atoms with Gasteiger partial charge in [0.25, 0.3) is 0 Å². The van der Waals surface area contributed by atoms with Crippen LogP contribution in [-0.2, 0) is 4.74 Å². The second-order valence-corrected chi connectivity index (χ2v) is 5.77. The minimum absolute atomic E-state index is 0.219. The number of hydrogen-bond acceptors (Lipinski definition) is 4. The van der Waals surface area contributed by atoms with Crippen molar-refractivity contribution in [1.82, 2.24) is 9.97 Å². The van der Waals surface area contributed by atoms with Crippen LogP contribution in [0.3, 0.4) is 0 Å². The summed E-state index contributed by atoms with van der Waals surface area (Å²) in [6.07, 6.45) is 2.80. The fourth-order valence-electron chi connectivity index (χ4n) is 2.53. The Hall–Kier alpha value is -0.870. The van der Waals surface area contributed by atoms with Crippen molar-refractivity contribution in [2.75, 3.05) is 18.1 Å². The van der Waals surface area contributed by atoms with Crippen LogP contribution >= 0.6 is 11.6 Å². The highest BCUT2D eigenvalue weighted by atomic mass is 35.5. The second-order valence-electron chi connectivity index (χ2n) is 5.41. The van der Waals surface area contributed by atoms with E-state index in [1.807, 2.05) is 0 Å². The molecule has 0 saturated carbocycles. The number of aromatic nitrogens is 2. The van der Waals surface area contributed by atoms with Gasteiger partial charge in [-0.1, -0.05) is 32.4 Å². The number of anilines is 1. The van der Waals surface area contributed by atoms with Crippen molar-refractivity contribution in [3.05, 3.63) is 17.0 Å². The summed E-state index contributed by atoms with van der Waals surface area (Å²) in [6.45, 7) is 10.1. The molecule has 2 rings (SSSR count). The molecule has 4 nitrogen and oxygen atoms in total. The largest absolute Gasteiger partial charge is 0.375 e.